The normalized spacial score (nSPS) is 16.8. The number of hydrogen-bond acceptors (Lipinski definition) is 4. The molecule has 1 N–H and O–H groups in total. The van der Waals surface area contributed by atoms with E-state index in [1.165, 1.54) is 7.11 Å². The average molecular weight is 252 g/mol. The third-order valence-corrected chi connectivity index (χ3v) is 3.40. The van der Waals surface area contributed by atoms with E-state index in [1.807, 2.05) is 6.92 Å². The van der Waals surface area contributed by atoms with Crippen molar-refractivity contribution in [3.05, 3.63) is 23.3 Å². The molecule has 5 heteroatoms. The third-order valence-electron chi connectivity index (χ3n) is 3.40. The second kappa shape index (κ2) is 4.49. The topological polar surface area (TPSA) is 65.0 Å². The highest BCUT2D eigenvalue weighted by Gasteiger charge is 2.50. The summed E-state index contributed by atoms with van der Waals surface area (Å²) in [5.74, 6) is 0.341. The zero-order valence-corrected chi connectivity index (χ0v) is 10.6. The predicted octanol–water partition coefficient (Wildman–Crippen LogP) is 1.36. The Morgan fingerprint density at radius 1 is 1.33 bits per heavy atom. The Bertz CT molecular complexity index is 477. The van der Waals surface area contributed by atoms with Crippen molar-refractivity contribution < 1.29 is 24.1 Å². The molecule has 0 bridgehead atoms. The molecule has 98 valence electrons. The van der Waals surface area contributed by atoms with E-state index in [2.05, 4.69) is 0 Å². The molecule has 2 rings (SSSR count). The van der Waals surface area contributed by atoms with Gasteiger partial charge in [-0.3, -0.25) is 4.79 Å². The summed E-state index contributed by atoms with van der Waals surface area (Å²) in [6, 6.07) is 3.50. The van der Waals surface area contributed by atoms with E-state index >= 15 is 0 Å². The van der Waals surface area contributed by atoms with E-state index in [0.717, 1.165) is 5.56 Å². The van der Waals surface area contributed by atoms with E-state index in [1.54, 1.807) is 19.2 Å². The minimum atomic E-state index is -0.998. The van der Waals surface area contributed by atoms with Gasteiger partial charge in [0.15, 0.2) is 0 Å². The molecule has 0 aliphatic carbocycles. The minimum Gasteiger partial charge on any atom is -0.496 e. The molecule has 1 aliphatic rings. The average Bonchev–Trinajstić information content (AvgIpc) is 2.27. The van der Waals surface area contributed by atoms with Crippen molar-refractivity contribution >= 4 is 5.97 Å². The summed E-state index contributed by atoms with van der Waals surface area (Å²) in [6.07, 6.45) is 0. The largest absolute Gasteiger partial charge is 0.496 e. The van der Waals surface area contributed by atoms with Crippen molar-refractivity contribution in [2.75, 3.05) is 27.4 Å². The van der Waals surface area contributed by atoms with Crippen LogP contribution < -0.4 is 9.47 Å². The van der Waals surface area contributed by atoms with Gasteiger partial charge in [-0.2, -0.15) is 0 Å². The maximum Gasteiger partial charge on any atom is 0.319 e. The molecule has 1 aromatic rings. The molecule has 1 fully saturated rings. The summed E-state index contributed by atoms with van der Waals surface area (Å²) in [7, 11) is 3.10. The van der Waals surface area contributed by atoms with E-state index in [0.29, 0.717) is 17.1 Å². The highest BCUT2D eigenvalue weighted by Crippen LogP contribution is 2.42. The van der Waals surface area contributed by atoms with Gasteiger partial charge in [0.1, 0.15) is 16.9 Å². The lowest BCUT2D eigenvalue weighted by atomic mass is 9.77. The van der Waals surface area contributed by atoms with Crippen LogP contribution >= 0.6 is 0 Å². The molecule has 18 heavy (non-hydrogen) atoms. The summed E-state index contributed by atoms with van der Waals surface area (Å²) in [4.78, 5) is 11.5. The van der Waals surface area contributed by atoms with E-state index in [-0.39, 0.29) is 13.2 Å². The van der Waals surface area contributed by atoms with Gasteiger partial charge in [0.2, 0.25) is 0 Å². The smallest absolute Gasteiger partial charge is 0.319 e. The van der Waals surface area contributed by atoms with Crippen LogP contribution in [0.5, 0.6) is 11.5 Å². The Labute approximate surface area is 105 Å². The number of carboxylic acids is 1. The van der Waals surface area contributed by atoms with Gasteiger partial charge in [-0.05, 0) is 13.0 Å². The fraction of sp³-hybridized carbons (Fsp3) is 0.462. The molecule has 1 heterocycles. The van der Waals surface area contributed by atoms with Crippen molar-refractivity contribution in [3.8, 4) is 11.5 Å². The SMILES string of the molecule is COc1ccc(C2(C(=O)O)COC2)c(OC)c1C. The van der Waals surface area contributed by atoms with Crippen molar-refractivity contribution in [1.82, 2.24) is 0 Å². The molecule has 0 saturated carbocycles. The maximum absolute atomic E-state index is 11.5. The first kappa shape index (κ1) is 12.7. The number of carboxylic acid groups (broad SMARTS) is 1. The van der Waals surface area contributed by atoms with Crippen LogP contribution in [0, 0.1) is 6.92 Å². The molecule has 0 unspecified atom stereocenters. The van der Waals surface area contributed by atoms with Crippen LogP contribution in [0.1, 0.15) is 11.1 Å². The minimum absolute atomic E-state index is 0.171. The molecular formula is C13H16O5. The molecule has 0 aromatic heterocycles. The van der Waals surface area contributed by atoms with Crippen molar-refractivity contribution in [2.24, 2.45) is 0 Å². The van der Waals surface area contributed by atoms with Crippen molar-refractivity contribution in [1.29, 1.82) is 0 Å². The molecule has 1 aliphatic heterocycles. The number of ether oxygens (including phenoxy) is 3. The number of hydrogen-bond donors (Lipinski definition) is 1. The van der Waals surface area contributed by atoms with Gasteiger partial charge in [0.05, 0.1) is 27.4 Å². The number of carbonyl (C=O) groups is 1. The lowest BCUT2D eigenvalue weighted by molar-refractivity contribution is -0.163. The summed E-state index contributed by atoms with van der Waals surface area (Å²) < 4.78 is 15.6. The molecular weight excluding hydrogens is 236 g/mol. The number of aliphatic carboxylic acids is 1. The van der Waals surface area contributed by atoms with Crippen LogP contribution in [-0.4, -0.2) is 38.5 Å². The van der Waals surface area contributed by atoms with Gasteiger partial charge in [-0.1, -0.05) is 6.07 Å². The van der Waals surface area contributed by atoms with Crippen LogP contribution in [0.2, 0.25) is 0 Å². The molecule has 5 nitrogen and oxygen atoms in total. The summed E-state index contributed by atoms with van der Waals surface area (Å²) in [5, 5.41) is 9.41. The van der Waals surface area contributed by atoms with E-state index < -0.39 is 11.4 Å². The highest BCUT2D eigenvalue weighted by atomic mass is 16.5. The number of methoxy groups -OCH3 is 2. The lowest BCUT2D eigenvalue weighted by Crippen LogP contribution is -2.53. The Balaban J connectivity index is 2.57. The summed E-state index contributed by atoms with van der Waals surface area (Å²) in [6.45, 7) is 2.19. The van der Waals surface area contributed by atoms with E-state index in [9.17, 15) is 9.90 Å². The van der Waals surface area contributed by atoms with Crippen LogP contribution in [-0.2, 0) is 14.9 Å². The Morgan fingerprint density at radius 2 is 2.00 bits per heavy atom. The first-order chi connectivity index (χ1) is 8.56. The quantitative estimate of drug-likeness (QED) is 0.876. The zero-order chi connectivity index (χ0) is 13.3. The molecule has 0 amide bonds. The van der Waals surface area contributed by atoms with Crippen LogP contribution in [0.25, 0.3) is 0 Å². The molecule has 1 aromatic carbocycles. The van der Waals surface area contributed by atoms with E-state index in [4.69, 9.17) is 14.2 Å². The van der Waals surface area contributed by atoms with Crippen LogP contribution in [0.4, 0.5) is 0 Å². The lowest BCUT2D eigenvalue weighted by Gasteiger charge is -2.38. The second-order valence-corrected chi connectivity index (χ2v) is 4.35. The molecule has 0 radical (unpaired) electrons. The fourth-order valence-corrected chi connectivity index (χ4v) is 2.23. The first-order valence-corrected chi connectivity index (χ1v) is 5.60. The number of rotatable bonds is 4. The zero-order valence-electron chi connectivity index (χ0n) is 10.6. The molecule has 0 atom stereocenters. The van der Waals surface area contributed by atoms with Gasteiger partial charge in [0.25, 0.3) is 0 Å². The van der Waals surface area contributed by atoms with Crippen LogP contribution in [0.15, 0.2) is 12.1 Å². The monoisotopic (exact) mass is 252 g/mol. The van der Waals surface area contributed by atoms with Gasteiger partial charge in [0, 0.05) is 11.1 Å². The fourth-order valence-electron chi connectivity index (χ4n) is 2.23. The standard InChI is InChI=1S/C13H16O5/c1-8-10(16-2)5-4-9(11(8)17-3)13(12(14)15)6-18-7-13/h4-5H,6-7H2,1-3H3,(H,14,15). The van der Waals surface area contributed by atoms with Crippen molar-refractivity contribution in [2.45, 2.75) is 12.3 Å². The van der Waals surface area contributed by atoms with Gasteiger partial charge >= 0.3 is 5.97 Å². The second-order valence-electron chi connectivity index (χ2n) is 4.35. The van der Waals surface area contributed by atoms with Crippen LogP contribution in [0.3, 0.4) is 0 Å². The Kier molecular flexibility index (Phi) is 3.17. The van der Waals surface area contributed by atoms with Crippen molar-refractivity contribution in [3.63, 3.8) is 0 Å². The first-order valence-electron chi connectivity index (χ1n) is 5.60. The number of benzene rings is 1. The Hall–Kier alpha value is -1.75. The summed E-state index contributed by atoms with van der Waals surface area (Å²) in [5.41, 5.74) is 0.439. The third kappa shape index (κ3) is 1.62. The Morgan fingerprint density at radius 3 is 2.39 bits per heavy atom. The van der Waals surface area contributed by atoms with Gasteiger partial charge in [-0.25, -0.2) is 0 Å². The predicted molar refractivity (Wildman–Crippen MR) is 64.4 cm³/mol. The maximum atomic E-state index is 11.5. The molecule has 1 saturated heterocycles. The molecule has 0 spiro atoms. The summed E-state index contributed by atoms with van der Waals surface area (Å²) >= 11 is 0. The van der Waals surface area contributed by atoms with Gasteiger partial charge < -0.3 is 19.3 Å². The highest BCUT2D eigenvalue weighted by molar-refractivity contribution is 5.84. The van der Waals surface area contributed by atoms with Gasteiger partial charge in [-0.15, -0.1) is 0 Å².